The molecule has 1 aromatic rings. The molecule has 1 aromatic carbocycles. The number of amides is 1. The molecule has 13 heteroatoms. The van der Waals surface area contributed by atoms with Crippen LogP contribution in [0.1, 0.15) is 25.8 Å². The third-order valence-corrected chi connectivity index (χ3v) is 5.79. The molecule has 2 saturated heterocycles. The van der Waals surface area contributed by atoms with Gasteiger partial charge in [-0.3, -0.25) is 18.6 Å². The summed E-state index contributed by atoms with van der Waals surface area (Å²) in [6, 6.07) is 8.29. The van der Waals surface area contributed by atoms with Gasteiger partial charge < -0.3 is 23.8 Å². The molecule has 0 bridgehead atoms. The maximum atomic E-state index is 12.7. The third-order valence-electron chi connectivity index (χ3n) is 5.17. The lowest BCUT2D eigenvalue weighted by Crippen LogP contribution is -2.50. The molecule has 1 amide bonds. The Hall–Kier alpha value is -3.03. The van der Waals surface area contributed by atoms with Gasteiger partial charge in [0.1, 0.15) is 13.2 Å². The first-order valence-corrected chi connectivity index (χ1v) is 12.6. The zero-order valence-corrected chi connectivity index (χ0v) is 20.3. The summed E-state index contributed by atoms with van der Waals surface area (Å²) in [5.74, 6) is -6.16. The van der Waals surface area contributed by atoms with Crippen molar-refractivity contribution in [2.45, 2.75) is 44.8 Å². The van der Waals surface area contributed by atoms with Crippen LogP contribution in [0.4, 0.5) is 4.79 Å². The zero-order valence-electron chi connectivity index (χ0n) is 19.5. The highest BCUT2D eigenvalue weighted by Crippen LogP contribution is 2.25. The Labute approximate surface area is 202 Å². The molecule has 12 nitrogen and oxygen atoms in total. The summed E-state index contributed by atoms with van der Waals surface area (Å²) < 4.78 is 48.7. The summed E-state index contributed by atoms with van der Waals surface area (Å²) >= 11 is 0. The number of hydrogen-bond donors (Lipinski definition) is 0. The second kappa shape index (κ2) is 10.7. The van der Waals surface area contributed by atoms with E-state index in [2.05, 4.69) is 0 Å². The molecule has 0 aromatic heterocycles. The fourth-order valence-corrected chi connectivity index (χ4v) is 4.37. The van der Waals surface area contributed by atoms with E-state index in [0.717, 1.165) is 11.8 Å². The molecule has 2 atom stereocenters. The SMILES string of the molecule is CC1(C)OC(=O)C(C(=O)COC[C@@H]2C[C@@H](OS(C)(=O)=O)CN2C(=O)OCc2ccccc2)C(=O)O1. The minimum Gasteiger partial charge on any atom is -0.445 e. The van der Waals surface area contributed by atoms with Crippen molar-refractivity contribution >= 4 is 33.9 Å². The second-order valence-electron chi connectivity index (χ2n) is 8.66. The second-order valence-corrected chi connectivity index (χ2v) is 10.3. The van der Waals surface area contributed by atoms with Gasteiger partial charge in [-0.05, 0) is 12.0 Å². The lowest BCUT2D eigenvalue weighted by molar-refractivity contribution is -0.238. The van der Waals surface area contributed by atoms with Gasteiger partial charge in [0.15, 0.2) is 5.78 Å². The van der Waals surface area contributed by atoms with E-state index >= 15 is 0 Å². The Kier molecular flexibility index (Phi) is 8.13. The molecule has 3 rings (SSSR count). The molecule has 2 aliphatic heterocycles. The number of benzene rings is 1. The fourth-order valence-electron chi connectivity index (χ4n) is 3.74. The highest BCUT2D eigenvalue weighted by molar-refractivity contribution is 7.86. The first kappa shape index (κ1) is 26.6. The van der Waals surface area contributed by atoms with Crippen LogP contribution in [0.2, 0.25) is 0 Å². The molecule has 0 radical (unpaired) electrons. The molecule has 192 valence electrons. The molecule has 2 fully saturated rings. The number of Topliss-reactive ketones (excluding diaryl/α,β-unsaturated/α-hetero) is 1. The Bertz CT molecular complexity index is 1050. The fraction of sp³-hybridized carbons (Fsp3) is 0.545. The van der Waals surface area contributed by atoms with Crippen LogP contribution in [0, 0.1) is 5.92 Å². The van der Waals surface area contributed by atoms with Crippen LogP contribution in [-0.2, 0) is 54.2 Å². The number of cyclic esters (lactones) is 2. The lowest BCUT2D eigenvalue weighted by Gasteiger charge is -2.32. The van der Waals surface area contributed by atoms with Crippen LogP contribution in [0.5, 0.6) is 0 Å². The van der Waals surface area contributed by atoms with E-state index in [9.17, 15) is 27.6 Å². The van der Waals surface area contributed by atoms with Gasteiger partial charge in [0, 0.05) is 13.8 Å². The standard InChI is InChI=1S/C22H27NO11S/c1-22(2)32-19(25)18(20(26)33-22)17(24)13-30-12-15-9-16(34-35(3,28)29)10-23(15)21(27)31-11-14-7-5-4-6-8-14/h4-8,15-16,18H,9-13H2,1-3H3/t15-,16+/m0/s1. The Morgan fingerprint density at radius 3 is 2.34 bits per heavy atom. The van der Waals surface area contributed by atoms with E-state index in [1.165, 1.54) is 18.7 Å². The van der Waals surface area contributed by atoms with E-state index in [4.69, 9.17) is 23.1 Å². The van der Waals surface area contributed by atoms with Gasteiger partial charge in [-0.2, -0.15) is 8.42 Å². The summed E-state index contributed by atoms with van der Waals surface area (Å²) in [7, 11) is -3.78. The van der Waals surface area contributed by atoms with Crippen LogP contribution >= 0.6 is 0 Å². The topological polar surface area (TPSA) is 152 Å². The van der Waals surface area contributed by atoms with E-state index < -0.39 is 64.4 Å². The molecule has 0 aliphatic carbocycles. The highest BCUT2D eigenvalue weighted by Gasteiger charge is 2.47. The van der Waals surface area contributed by atoms with Crippen molar-refractivity contribution in [1.29, 1.82) is 0 Å². The molecule has 2 heterocycles. The number of likely N-dealkylation sites (tertiary alicyclic amines) is 1. The van der Waals surface area contributed by atoms with Crippen molar-refractivity contribution in [2.75, 3.05) is 26.0 Å². The summed E-state index contributed by atoms with van der Waals surface area (Å²) in [5.41, 5.74) is 0.761. The van der Waals surface area contributed by atoms with Gasteiger partial charge >= 0.3 is 18.0 Å². The third kappa shape index (κ3) is 7.47. The monoisotopic (exact) mass is 513 g/mol. The zero-order chi connectivity index (χ0) is 25.8. The maximum absolute atomic E-state index is 12.7. The van der Waals surface area contributed by atoms with Gasteiger partial charge in [0.2, 0.25) is 5.92 Å². The normalized spacial score (nSPS) is 22.4. The average Bonchev–Trinajstić information content (AvgIpc) is 3.12. The molecule has 2 aliphatic rings. The number of carbonyl (C=O) groups is 4. The summed E-state index contributed by atoms with van der Waals surface area (Å²) in [6.07, 6.45) is -0.542. The Balaban J connectivity index is 1.59. The highest BCUT2D eigenvalue weighted by atomic mass is 32.2. The van der Waals surface area contributed by atoms with Crippen molar-refractivity contribution < 1.29 is 50.7 Å². The minimum absolute atomic E-state index is 0.00207. The number of ketones is 1. The van der Waals surface area contributed by atoms with Gasteiger partial charge in [0.25, 0.3) is 15.9 Å². The van der Waals surface area contributed by atoms with Gasteiger partial charge in [0.05, 0.1) is 31.6 Å². The van der Waals surface area contributed by atoms with Crippen LogP contribution in [0.15, 0.2) is 30.3 Å². The quantitative estimate of drug-likeness (QED) is 0.262. The summed E-state index contributed by atoms with van der Waals surface area (Å²) in [4.78, 5) is 50.4. The minimum atomic E-state index is -3.78. The molecule has 35 heavy (non-hydrogen) atoms. The van der Waals surface area contributed by atoms with Crippen molar-refractivity contribution in [2.24, 2.45) is 5.92 Å². The predicted octanol–water partition coefficient (Wildman–Crippen LogP) is 0.780. The number of carbonyl (C=O) groups excluding carboxylic acids is 4. The molecule has 0 spiro atoms. The number of hydrogen-bond acceptors (Lipinski definition) is 11. The Morgan fingerprint density at radius 1 is 1.11 bits per heavy atom. The number of nitrogens with zero attached hydrogens (tertiary/aromatic N) is 1. The lowest BCUT2D eigenvalue weighted by atomic mass is 10.0. The van der Waals surface area contributed by atoms with Crippen LogP contribution in [0.3, 0.4) is 0 Å². The number of rotatable bonds is 9. The van der Waals surface area contributed by atoms with Gasteiger partial charge in [-0.25, -0.2) is 4.79 Å². The first-order valence-electron chi connectivity index (χ1n) is 10.8. The van der Waals surface area contributed by atoms with Crippen molar-refractivity contribution in [3.63, 3.8) is 0 Å². The maximum Gasteiger partial charge on any atom is 0.410 e. The van der Waals surface area contributed by atoms with E-state index in [0.29, 0.717) is 0 Å². The molecular weight excluding hydrogens is 486 g/mol. The van der Waals surface area contributed by atoms with Gasteiger partial charge in [-0.15, -0.1) is 0 Å². The molecular formula is C22H27NO11S. The van der Waals surface area contributed by atoms with Crippen molar-refractivity contribution in [1.82, 2.24) is 4.90 Å². The molecule has 0 saturated carbocycles. The predicted molar refractivity (Wildman–Crippen MR) is 117 cm³/mol. The van der Waals surface area contributed by atoms with Crippen LogP contribution < -0.4 is 0 Å². The summed E-state index contributed by atoms with van der Waals surface area (Å²) in [6.45, 7) is 1.83. The number of esters is 2. The smallest absolute Gasteiger partial charge is 0.410 e. The first-order chi connectivity index (χ1) is 16.3. The van der Waals surface area contributed by atoms with Gasteiger partial charge in [-0.1, -0.05) is 30.3 Å². The Morgan fingerprint density at radius 2 is 1.74 bits per heavy atom. The van der Waals surface area contributed by atoms with Crippen LogP contribution in [0.25, 0.3) is 0 Å². The number of ether oxygens (including phenoxy) is 4. The van der Waals surface area contributed by atoms with E-state index in [1.54, 1.807) is 24.3 Å². The average molecular weight is 514 g/mol. The van der Waals surface area contributed by atoms with E-state index in [1.807, 2.05) is 6.07 Å². The van der Waals surface area contributed by atoms with Crippen LogP contribution in [-0.4, -0.2) is 81.1 Å². The summed E-state index contributed by atoms with van der Waals surface area (Å²) in [5, 5.41) is 0. The molecule has 0 unspecified atom stereocenters. The molecule has 0 N–H and O–H groups in total. The largest absolute Gasteiger partial charge is 0.445 e. The van der Waals surface area contributed by atoms with Crippen molar-refractivity contribution in [3.05, 3.63) is 35.9 Å². The van der Waals surface area contributed by atoms with E-state index in [-0.39, 0.29) is 26.2 Å². The van der Waals surface area contributed by atoms with Crippen molar-refractivity contribution in [3.8, 4) is 0 Å².